The number of benzene rings is 1. The van der Waals surface area contributed by atoms with Crippen molar-refractivity contribution in [3.8, 4) is 0 Å². The fourth-order valence-electron chi connectivity index (χ4n) is 2.20. The minimum Gasteiger partial charge on any atom is -0.327 e. The van der Waals surface area contributed by atoms with Gasteiger partial charge in [0.15, 0.2) is 11.6 Å². The molecule has 1 nitrogen and oxygen atoms in total. The van der Waals surface area contributed by atoms with Crippen LogP contribution in [0.2, 0.25) is 0 Å². The van der Waals surface area contributed by atoms with Crippen LogP contribution in [0.25, 0.3) is 0 Å². The van der Waals surface area contributed by atoms with E-state index in [0.717, 1.165) is 6.07 Å². The standard InChI is InChI=1S/C12H13F4N/c1-6(17)12(2-3-12)8-4-7(11(15)16)5-9(13)10(8)14/h4-6,11H,2-3,17H2,1H3. The second kappa shape index (κ2) is 3.98. The normalized spacial score (nSPS) is 19.5. The molecule has 94 valence electrons. The van der Waals surface area contributed by atoms with Crippen LogP contribution in [0.15, 0.2) is 12.1 Å². The number of rotatable bonds is 3. The zero-order valence-electron chi connectivity index (χ0n) is 9.31. The molecule has 0 saturated heterocycles. The van der Waals surface area contributed by atoms with E-state index in [9.17, 15) is 17.6 Å². The number of halogens is 4. The van der Waals surface area contributed by atoms with Gasteiger partial charge in [0.05, 0.1) is 0 Å². The van der Waals surface area contributed by atoms with Gasteiger partial charge in [0.2, 0.25) is 0 Å². The summed E-state index contributed by atoms with van der Waals surface area (Å²) in [4.78, 5) is 0. The first kappa shape index (κ1) is 12.4. The Balaban J connectivity index is 2.54. The molecule has 0 bridgehead atoms. The first-order chi connectivity index (χ1) is 7.88. The molecule has 1 aromatic carbocycles. The average Bonchev–Trinajstić information content (AvgIpc) is 3.02. The number of hydrogen-bond acceptors (Lipinski definition) is 1. The van der Waals surface area contributed by atoms with Crippen molar-refractivity contribution >= 4 is 0 Å². The van der Waals surface area contributed by atoms with Crippen LogP contribution in [0.3, 0.4) is 0 Å². The Labute approximate surface area is 96.6 Å². The monoisotopic (exact) mass is 247 g/mol. The molecule has 0 aliphatic heterocycles. The summed E-state index contributed by atoms with van der Waals surface area (Å²) in [6.07, 6.45) is -1.60. The maximum absolute atomic E-state index is 13.7. The van der Waals surface area contributed by atoms with Crippen molar-refractivity contribution in [1.82, 2.24) is 0 Å². The largest absolute Gasteiger partial charge is 0.327 e. The Kier molecular flexibility index (Phi) is 2.89. The SMILES string of the molecule is CC(N)C1(c2cc(C(F)F)cc(F)c2F)CC1. The van der Waals surface area contributed by atoms with Crippen LogP contribution in [-0.2, 0) is 5.41 Å². The summed E-state index contributed by atoms with van der Waals surface area (Å²) in [7, 11) is 0. The van der Waals surface area contributed by atoms with Gasteiger partial charge in [-0.25, -0.2) is 17.6 Å². The molecule has 1 aliphatic rings. The van der Waals surface area contributed by atoms with E-state index in [2.05, 4.69) is 0 Å². The van der Waals surface area contributed by atoms with Crippen LogP contribution in [-0.4, -0.2) is 6.04 Å². The van der Waals surface area contributed by atoms with Crippen LogP contribution in [0.1, 0.15) is 37.3 Å². The van der Waals surface area contributed by atoms with E-state index in [0.29, 0.717) is 18.9 Å². The van der Waals surface area contributed by atoms with E-state index in [1.807, 2.05) is 0 Å². The average molecular weight is 247 g/mol. The fraction of sp³-hybridized carbons (Fsp3) is 0.500. The van der Waals surface area contributed by atoms with Crippen LogP contribution in [0.5, 0.6) is 0 Å². The molecular weight excluding hydrogens is 234 g/mol. The predicted octanol–water partition coefficient (Wildman–Crippen LogP) is 3.28. The van der Waals surface area contributed by atoms with Gasteiger partial charge in [-0.1, -0.05) is 0 Å². The lowest BCUT2D eigenvalue weighted by atomic mass is 9.88. The van der Waals surface area contributed by atoms with Crippen molar-refractivity contribution < 1.29 is 17.6 Å². The molecule has 0 aromatic heterocycles. The number of hydrogen-bond donors (Lipinski definition) is 1. The zero-order chi connectivity index (χ0) is 12.8. The van der Waals surface area contributed by atoms with Crippen LogP contribution >= 0.6 is 0 Å². The number of nitrogens with two attached hydrogens (primary N) is 1. The van der Waals surface area contributed by atoms with E-state index in [-0.39, 0.29) is 11.6 Å². The molecule has 5 heteroatoms. The maximum atomic E-state index is 13.7. The number of alkyl halides is 2. The second-order valence-corrected chi connectivity index (χ2v) is 4.61. The van der Waals surface area contributed by atoms with Gasteiger partial charge in [-0.3, -0.25) is 0 Å². The quantitative estimate of drug-likeness (QED) is 0.815. The van der Waals surface area contributed by atoms with E-state index in [4.69, 9.17) is 5.73 Å². The molecule has 2 N–H and O–H groups in total. The third kappa shape index (κ3) is 1.92. The smallest absolute Gasteiger partial charge is 0.263 e. The zero-order valence-corrected chi connectivity index (χ0v) is 9.31. The summed E-state index contributed by atoms with van der Waals surface area (Å²) in [6, 6.07) is 1.20. The minimum atomic E-state index is -2.81. The Hall–Kier alpha value is -1.10. The Bertz CT molecular complexity index is 438. The molecule has 17 heavy (non-hydrogen) atoms. The lowest BCUT2D eigenvalue weighted by Crippen LogP contribution is -2.32. The first-order valence-electron chi connectivity index (χ1n) is 5.41. The third-order valence-electron chi connectivity index (χ3n) is 3.50. The van der Waals surface area contributed by atoms with Gasteiger partial charge in [0.25, 0.3) is 6.43 Å². The fourth-order valence-corrected chi connectivity index (χ4v) is 2.20. The highest BCUT2D eigenvalue weighted by atomic mass is 19.3. The lowest BCUT2D eigenvalue weighted by molar-refractivity contribution is 0.150. The van der Waals surface area contributed by atoms with E-state index in [1.165, 1.54) is 0 Å². The molecule has 0 heterocycles. The highest BCUT2D eigenvalue weighted by molar-refractivity contribution is 5.38. The third-order valence-corrected chi connectivity index (χ3v) is 3.50. The molecule has 1 atom stereocenters. The summed E-state index contributed by atoms with van der Waals surface area (Å²) < 4.78 is 52.0. The second-order valence-electron chi connectivity index (χ2n) is 4.61. The van der Waals surface area contributed by atoms with Crippen molar-refractivity contribution in [3.63, 3.8) is 0 Å². The summed E-state index contributed by atoms with van der Waals surface area (Å²) in [5, 5.41) is 0. The molecule has 1 saturated carbocycles. The molecule has 0 amide bonds. The summed E-state index contributed by atoms with van der Waals surface area (Å²) in [5.74, 6) is -2.28. The van der Waals surface area contributed by atoms with Crippen molar-refractivity contribution in [3.05, 3.63) is 34.9 Å². The first-order valence-corrected chi connectivity index (χ1v) is 5.41. The van der Waals surface area contributed by atoms with Gasteiger partial charge in [0, 0.05) is 17.0 Å². The van der Waals surface area contributed by atoms with Crippen molar-refractivity contribution in [1.29, 1.82) is 0 Å². The van der Waals surface area contributed by atoms with Gasteiger partial charge >= 0.3 is 0 Å². The van der Waals surface area contributed by atoms with Crippen LogP contribution in [0.4, 0.5) is 17.6 Å². The highest BCUT2D eigenvalue weighted by Gasteiger charge is 2.49. The molecule has 2 rings (SSSR count). The Morgan fingerprint density at radius 1 is 1.24 bits per heavy atom. The summed E-state index contributed by atoms with van der Waals surface area (Å²) in [6.45, 7) is 1.68. The topological polar surface area (TPSA) is 26.0 Å². The molecule has 1 fully saturated rings. The van der Waals surface area contributed by atoms with Gasteiger partial charge in [-0.05, 0) is 37.5 Å². The van der Waals surface area contributed by atoms with Crippen LogP contribution in [0, 0.1) is 11.6 Å². The molecule has 0 spiro atoms. The van der Waals surface area contributed by atoms with Gasteiger partial charge in [-0.2, -0.15) is 0 Å². The van der Waals surface area contributed by atoms with Crippen molar-refractivity contribution in [2.75, 3.05) is 0 Å². The van der Waals surface area contributed by atoms with Gasteiger partial charge in [0.1, 0.15) is 0 Å². The predicted molar refractivity (Wildman–Crippen MR) is 55.9 cm³/mol. The molecule has 1 aliphatic carbocycles. The maximum Gasteiger partial charge on any atom is 0.263 e. The summed E-state index contributed by atoms with van der Waals surface area (Å²) >= 11 is 0. The van der Waals surface area contributed by atoms with E-state index in [1.54, 1.807) is 6.92 Å². The lowest BCUT2D eigenvalue weighted by Gasteiger charge is -2.21. The van der Waals surface area contributed by atoms with Gasteiger partial charge < -0.3 is 5.73 Å². The Morgan fingerprint density at radius 2 is 1.82 bits per heavy atom. The Morgan fingerprint density at radius 3 is 2.24 bits per heavy atom. The molecule has 1 aromatic rings. The molecular formula is C12H13F4N. The van der Waals surface area contributed by atoms with E-state index < -0.39 is 29.0 Å². The summed E-state index contributed by atoms with van der Waals surface area (Å²) in [5.41, 5.74) is 4.56. The van der Waals surface area contributed by atoms with E-state index >= 15 is 0 Å². The minimum absolute atomic E-state index is 0.0113. The molecule has 1 unspecified atom stereocenters. The highest BCUT2D eigenvalue weighted by Crippen LogP contribution is 2.51. The molecule has 0 radical (unpaired) electrons. The van der Waals surface area contributed by atoms with Crippen molar-refractivity contribution in [2.45, 2.75) is 37.6 Å². The van der Waals surface area contributed by atoms with Gasteiger partial charge in [-0.15, -0.1) is 0 Å². The van der Waals surface area contributed by atoms with Crippen LogP contribution < -0.4 is 5.73 Å². The van der Waals surface area contributed by atoms with Crippen molar-refractivity contribution in [2.24, 2.45) is 5.73 Å².